The summed E-state index contributed by atoms with van der Waals surface area (Å²) in [7, 11) is 0. The zero-order valence-corrected chi connectivity index (χ0v) is 8.58. The Hall–Kier alpha value is -1.22. The largest absolute Gasteiger partial charge is 0.379 e. The van der Waals surface area contributed by atoms with Crippen LogP contribution in [-0.2, 0) is 5.60 Å². The summed E-state index contributed by atoms with van der Waals surface area (Å²) >= 11 is 0. The van der Waals surface area contributed by atoms with Gasteiger partial charge in [0.2, 0.25) is 0 Å². The number of hydrogen-bond acceptors (Lipinski definition) is 1. The van der Waals surface area contributed by atoms with E-state index in [1.807, 2.05) is 0 Å². The van der Waals surface area contributed by atoms with Gasteiger partial charge in [0.1, 0.15) is 0 Å². The van der Waals surface area contributed by atoms with E-state index in [9.17, 15) is 13.9 Å². The first-order valence-corrected chi connectivity index (χ1v) is 4.68. The Balaban J connectivity index is 3.18. The van der Waals surface area contributed by atoms with Crippen LogP contribution in [0.4, 0.5) is 8.78 Å². The summed E-state index contributed by atoms with van der Waals surface area (Å²) in [5.74, 6) is -3.21. The van der Waals surface area contributed by atoms with Crippen LogP contribution < -0.4 is 0 Å². The van der Waals surface area contributed by atoms with Crippen molar-refractivity contribution in [3.63, 3.8) is 0 Å². The molecule has 0 bridgehead atoms. The fourth-order valence-electron chi connectivity index (χ4n) is 1.47. The first-order chi connectivity index (χ1) is 6.92. The predicted octanol–water partition coefficient (Wildman–Crippen LogP) is 3.11. The second-order valence-electron chi connectivity index (χ2n) is 3.61. The van der Waals surface area contributed by atoms with Gasteiger partial charge in [-0.15, -0.1) is 6.58 Å². The molecule has 0 aromatic heterocycles. The van der Waals surface area contributed by atoms with Crippen LogP contribution in [0.2, 0.25) is 0 Å². The molecule has 0 unspecified atom stereocenters. The molecule has 3 heteroatoms. The minimum absolute atomic E-state index is 0.180. The molecule has 15 heavy (non-hydrogen) atoms. The van der Waals surface area contributed by atoms with Gasteiger partial charge in [-0.25, -0.2) is 8.78 Å². The molecular formula is C12H14F2O. The second-order valence-corrected chi connectivity index (χ2v) is 3.61. The number of hydrogen-bond donors (Lipinski definition) is 1. The Labute approximate surface area is 88.1 Å². The summed E-state index contributed by atoms with van der Waals surface area (Å²) in [6.07, 6.45) is 1.12. The predicted molar refractivity (Wildman–Crippen MR) is 55.8 cm³/mol. The van der Waals surface area contributed by atoms with Crippen molar-refractivity contribution >= 4 is 0 Å². The van der Waals surface area contributed by atoms with Gasteiger partial charge in [0, 0.05) is 13.3 Å². The number of halogens is 2. The van der Waals surface area contributed by atoms with Gasteiger partial charge in [-0.1, -0.05) is 36.4 Å². The molecule has 0 heterocycles. The van der Waals surface area contributed by atoms with Crippen LogP contribution in [0.25, 0.3) is 0 Å². The summed E-state index contributed by atoms with van der Waals surface area (Å²) in [5, 5.41) is 10.00. The molecule has 1 nitrogen and oxygen atoms in total. The molecular weight excluding hydrogens is 198 g/mol. The fraction of sp³-hybridized carbons (Fsp3) is 0.333. The molecule has 0 aliphatic heterocycles. The maximum atomic E-state index is 13.3. The lowest BCUT2D eigenvalue weighted by atomic mass is 9.85. The van der Waals surface area contributed by atoms with Crippen LogP contribution >= 0.6 is 0 Å². The molecule has 0 amide bonds. The highest BCUT2D eigenvalue weighted by Crippen LogP contribution is 2.40. The van der Waals surface area contributed by atoms with E-state index in [0.717, 1.165) is 0 Å². The lowest BCUT2D eigenvalue weighted by molar-refractivity contribution is -0.174. The van der Waals surface area contributed by atoms with E-state index >= 15 is 0 Å². The van der Waals surface area contributed by atoms with Gasteiger partial charge >= 0.3 is 0 Å². The van der Waals surface area contributed by atoms with E-state index in [0.29, 0.717) is 6.92 Å². The third-order valence-corrected chi connectivity index (χ3v) is 2.42. The molecule has 1 aromatic rings. The molecule has 0 radical (unpaired) electrons. The fourth-order valence-corrected chi connectivity index (χ4v) is 1.47. The van der Waals surface area contributed by atoms with Crippen LogP contribution in [0.5, 0.6) is 0 Å². The average molecular weight is 212 g/mol. The highest BCUT2D eigenvalue weighted by atomic mass is 19.3. The van der Waals surface area contributed by atoms with Gasteiger partial charge in [0.25, 0.3) is 5.92 Å². The monoisotopic (exact) mass is 212 g/mol. The minimum atomic E-state index is -3.21. The minimum Gasteiger partial charge on any atom is -0.379 e. The first kappa shape index (κ1) is 11.9. The summed E-state index contributed by atoms with van der Waals surface area (Å²) in [6.45, 7) is 4.10. The van der Waals surface area contributed by atoms with Crippen molar-refractivity contribution < 1.29 is 13.9 Å². The van der Waals surface area contributed by atoms with Crippen molar-refractivity contribution in [2.75, 3.05) is 0 Å². The zero-order valence-electron chi connectivity index (χ0n) is 8.58. The molecule has 0 spiro atoms. The Morgan fingerprint density at radius 3 is 2.27 bits per heavy atom. The Bertz CT molecular complexity index is 329. The third-order valence-electron chi connectivity index (χ3n) is 2.42. The third kappa shape index (κ3) is 2.23. The van der Waals surface area contributed by atoms with Gasteiger partial charge in [-0.3, -0.25) is 0 Å². The number of benzene rings is 1. The molecule has 0 saturated carbocycles. The lowest BCUT2D eigenvalue weighted by Gasteiger charge is -2.33. The van der Waals surface area contributed by atoms with Crippen LogP contribution in [0.3, 0.4) is 0 Å². The molecule has 1 N–H and O–H groups in total. The quantitative estimate of drug-likeness (QED) is 0.760. The van der Waals surface area contributed by atoms with E-state index in [-0.39, 0.29) is 12.0 Å². The summed E-state index contributed by atoms with van der Waals surface area (Å²) < 4.78 is 26.7. The van der Waals surface area contributed by atoms with Crippen LogP contribution in [0.1, 0.15) is 18.9 Å². The Morgan fingerprint density at radius 1 is 1.33 bits per heavy atom. The lowest BCUT2D eigenvalue weighted by Crippen LogP contribution is -2.42. The SMILES string of the molecule is C=CC[C@@](O)(c1ccccc1)C(C)(F)F. The van der Waals surface area contributed by atoms with E-state index in [1.54, 1.807) is 18.2 Å². The van der Waals surface area contributed by atoms with Crippen LogP contribution in [0.15, 0.2) is 43.0 Å². The van der Waals surface area contributed by atoms with Crippen molar-refractivity contribution in [3.05, 3.63) is 48.6 Å². The molecule has 1 aromatic carbocycles. The zero-order chi connectivity index (χ0) is 11.5. The number of rotatable bonds is 4. The molecule has 1 atom stereocenters. The van der Waals surface area contributed by atoms with Gasteiger partial charge < -0.3 is 5.11 Å². The van der Waals surface area contributed by atoms with Crippen molar-refractivity contribution in [1.82, 2.24) is 0 Å². The van der Waals surface area contributed by atoms with Crippen molar-refractivity contribution in [2.45, 2.75) is 24.9 Å². The Kier molecular flexibility index (Phi) is 3.25. The molecule has 0 aliphatic carbocycles. The maximum absolute atomic E-state index is 13.3. The standard InChI is InChI=1S/C12H14F2O/c1-3-9-12(15,11(2,13)14)10-7-5-4-6-8-10/h3-8,15H,1,9H2,2H3/t12-/m1/s1. The van der Waals surface area contributed by atoms with Gasteiger partial charge in [-0.05, 0) is 5.56 Å². The van der Waals surface area contributed by atoms with Gasteiger partial charge in [0.05, 0.1) is 0 Å². The average Bonchev–Trinajstić information content (AvgIpc) is 2.18. The van der Waals surface area contributed by atoms with Crippen LogP contribution in [-0.4, -0.2) is 11.0 Å². The first-order valence-electron chi connectivity index (χ1n) is 4.68. The molecule has 0 fully saturated rings. The van der Waals surface area contributed by atoms with E-state index in [4.69, 9.17) is 0 Å². The van der Waals surface area contributed by atoms with Gasteiger partial charge in [0.15, 0.2) is 5.60 Å². The van der Waals surface area contributed by atoms with E-state index in [2.05, 4.69) is 6.58 Å². The number of aliphatic hydroxyl groups is 1. The molecule has 1 rings (SSSR count). The van der Waals surface area contributed by atoms with Gasteiger partial charge in [-0.2, -0.15) is 0 Å². The van der Waals surface area contributed by atoms with E-state index < -0.39 is 11.5 Å². The molecule has 0 saturated heterocycles. The smallest absolute Gasteiger partial charge is 0.277 e. The normalized spacial score (nSPS) is 15.7. The van der Waals surface area contributed by atoms with Crippen molar-refractivity contribution in [3.8, 4) is 0 Å². The topological polar surface area (TPSA) is 20.2 Å². The summed E-state index contributed by atoms with van der Waals surface area (Å²) in [5.41, 5.74) is -1.96. The van der Waals surface area contributed by atoms with Crippen molar-refractivity contribution in [2.24, 2.45) is 0 Å². The highest BCUT2D eigenvalue weighted by molar-refractivity contribution is 5.25. The highest BCUT2D eigenvalue weighted by Gasteiger charge is 2.48. The second kappa shape index (κ2) is 4.11. The molecule has 0 aliphatic rings. The number of alkyl halides is 2. The summed E-state index contributed by atoms with van der Waals surface area (Å²) in [6, 6.07) is 7.93. The Morgan fingerprint density at radius 2 is 1.87 bits per heavy atom. The van der Waals surface area contributed by atoms with E-state index in [1.165, 1.54) is 18.2 Å². The van der Waals surface area contributed by atoms with Crippen LogP contribution in [0, 0.1) is 0 Å². The summed E-state index contributed by atoms with van der Waals surface area (Å²) in [4.78, 5) is 0. The molecule has 82 valence electrons. The maximum Gasteiger partial charge on any atom is 0.277 e. The van der Waals surface area contributed by atoms with Crippen molar-refractivity contribution in [1.29, 1.82) is 0 Å².